The highest BCUT2D eigenvalue weighted by Gasteiger charge is 2.25. The van der Waals surface area contributed by atoms with Gasteiger partial charge in [0.15, 0.2) is 5.78 Å². The molecule has 0 atom stereocenters. The lowest BCUT2D eigenvalue weighted by atomic mass is 10.1. The largest absolute Gasteiger partial charge is 0.368 e. The molecule has 27 heavy (non-hydrogen) atoms. The molecule has 1 amide bonds. The molecule has 2 aromatic carbocycles. The Morgan fingerprint density at radius 3 is 2.26 bits per heavy atom. The third-order valence-corrected chi connectivity index (χ3v) is 5.46. The Labute approximate surface area is 162 Å². The fourth-order valence-corrected chi connectivity index (χ4v) is 3.78. The molecular formula is C21H20ClN3O2. The highest BCUT2D eigenvalue weighted by atomic mass is 35.5. The van der Waals surface area contributed by atoms with E-state index in [9.17, 15) is 9.59 Å². The molecule has 0 radical (unpaired) electrons. The van der Waals surface area contributed by atoms with Gasteiger partial charge in [-0.1, -0.05) is 29.8 Å². The maximum atomic E-state index is 12.9. The molecule has 0 bridgehead atoms. The average molecular weight is 382 g/mol. The topological polar surface area (TPSA) is 56.4 Å². The number of benzene rings is 2. The van der Waals surface area contributed by atoms with Gasteiger partial charge in [-0.25, -0.2) is 0 Å². The Morgan fingerprint density at radius 1 is 0.963 bits per heavy atom. The van der Waals surface area contributed by atoms with Gasteiger partial charge in [0.25, 0.3) is 5.91 Å². The summed E-state index contributed by atoms with van der Waals surface area (Å²) in [6.45, 7) is 4.29. The second kappa shape index (κ2) is 7.08. The van der Waals surface area contributed by atoms with Crippen molar-refractivity contribution in [3.8, 4) is 0 Å². The lowest BCUT2D eigenvalue weighted by Crippen LogP contribution is -2.49. The van der Waals surface area contributed by atoms with Gasteiger partial charge in [0.1, 0.15) is 5.69 Å². The summed E-state index contributed by atoms with van der Waals surface area (Å²) in [7, 11) is 0. The summed E-state index contributed by atoms with van der Waals surface area (Å²) in [6, 6.07) is 15.3. The van der Waals surface area contributed by atoms with E-state index < -0.39 is 0 Å². The van der Waals surface area contributed by atoms with Crippen molar-refractivity contribution in [1.82, 2.24) is 9.88 Å². The Hall–Kier alpha value is -2.79. The van der Waals surface area contributed by atoms with E-state index in [0.29, 0.717) is 29.4 Å². The molecule has 138 valence electrons. The number of carbonyl (C=O) groups excluding carboxylic acids is 2. The van der Waals surface area contributed by atoms with Gasteiger partial charge in [-0.3, -0.25) is 9.59 Å². The van der Waals surface area contributed by atoms with E-state index in [-0.39, 0.29) is 11.7 Å². The third-order valence-electron chi connectivity index (χ3n) is 5.06. The Morgan fingerprint density at radius 2 is 1.63 bits per heavy atom. The number of hydrogen-bond donors (Lipinski definition) is 1. The smallest absolute Gasteiger partial charge is 0.271 e. The zero-order valence-corrected chi connectivity index (χ0v) is 15.8. The Bertz CT molecular complexity index is 1000. The van der Waals surface area contributed by atoms with Crippen LogP contribution in [0.4, 0.5) is 5.69 Å². The zero-order valence-electron chi connectivity index (χ0n) is 15.0. The number of nitrogens with zero attached hydrogens (tertiary/aromatic N) is 2. The van der Waals surface area contributed by atoms with Gasteiger partial charge in [0, 0.05) is 48.3 Å². The van der Waals surface area contributed by atoms with Gasteiger partial charge < -0.3 is 14.8 Å². The first-order valence-corrected chi connectivity index (χ1v) is 9.34. The van der Waals surface area contributed by atoms with Crippen molar-refractivity contribution in [3.05, 3.63) is 64.8 Å². The number of hydrogen-bond acceptors (Lipinski definition) is 3. The van der Waals surface area contributed by atoms with Crippen molar-refractivity contribution in [2.75, 3.05) is 31.1 Å². The lowest BCUT2D eigenvalue weighted by Gasteiger charge is -2.36. The Balaban J connectivity index is 1.46. The number of aromatic nitrogens is 1. The van der Waals surface area contributed by atoms with Gasteiger partial charge in [0.2, 0.25) is 0 Å². The zero-order chi connectivity index (χ0) is 19.0. The standard InChI is InChI=1S/C21H20ClN3O2/c1-14(26)15-6-8-16(9-7-15)24-10-12-25(13-11-24)21(27)20-19(22)17-4-2-3-5-18(17)23-20/h2-9,23H,10-13H2,1H3. The van der Waals surface area contributed by atoms with Crippen molar-refractivity contribution < 1.29 is 9.59 Å². The molecular weight excluding hydrogens is 362 g/mol. The number of amides is 1. The number of nitrogens with one attached hydrogen (secondary N) is 1. The number of para-hydroxylation sites is 1. The lowest BCUT2D eigenvalue weighted by molar-refractivity contribution is 0.0742. The number of ketones is 1. The number of carbonyl (C=O) groups is 2. The first-order valence-electron chi connectivity index (χ1n) is 8.96. The summed E-state index contributed by atoms with van der Waals surface area (Å²) < 4.78 is 0. The van der Waals surface area contributed by atoms with Crippen LogP contribution in [-0.4, -0.2) is 47.8 Å². The maximum Gasteiger partial charge on any atom is 0.271 e. The van der Waals surface area contributed by atoms with E-state index >= 15 is 0 Å². The van der Waals surface area contributed by atoms with Crippen molar-refractivity contribution in [2.45, 2.75) is 6.92 Å². The molecule has 0 spiro atoms. The van der Waals surface area contributed by atoms with Crippen LogP contribution in [0.15, 0.2) is 48.5 Å². The molecule has 1 N–H and O–H groups in total. The predicted octanol–water partition coefficient (Wildman–Crippen LogP) is 3.99. The van der Waals surface area contributed by atoms with E-state index in [1.807, 2.05) is 53.4 Å². The summed E-state index contributed by atoms with van der Waals surface area (Å²) in [5.74, 6) is -0.00467. The molecule has 3 aromatic rings. The molecule has 1 saturated heterocycles. The Kier molecular flexibility index (Phi) is 4.62. The number of halogens is 1. The summed E-state index contributed by atoms with van der Waals surface area (Å²) in [5, 5.41) is 1.35. The van der Waals surface area contributed by atoms with Gasteiger partial charge in [-0.15, -0.1) is 0 Å². The quantitative estimate of drug-likeness (QED) is 0.698. The second-order valence-corrected chi connectivity index (χ2v) is 7.12. The minimum Gasteiger partial charge on any atom is -0.368 e. The van der Waals surface area contributed by atoms with Crippen LogP contribution in [0.2, 0.25) is 5.02 Å². The van der Waals surface area contributed by atoms with Crippen molar-refractivity contribution in [1.29, 1.82) is 0 Å². The monoisotopic (exact) mass is 381 g/mol. The van der Waals surface area contributed by atoms with Crippen LogP contribution in [0, 0.1) is 0 Å². The minimum atomic E-state index is -0.0669. The van der Waals surface area contributed by atoms with Crippen molar-refractivity contribution in [3.63, 3.8) is 0 Å². The second-order valence-electron chi connectivity index (χ2n) is 6.74. The number of fused-ring (bicyclic) bond motifs is 1. The molecule has 2 heterocycles. The SMILES string of the molecule is CC(=O)c1ccc(N2CCN(C(=O)c3[nH]c4ccccc4c3Cl)CC2)cc1. The van der Waals surface area contributed by atoms with E-state index in [1.165, 1.54) is 0 Å². The maximum absolute atomic E-state index is 12.9. The molecule has 0 aliphatic carbocycles. The minimum absolute atomic E-state index is 0.0622. The predicted molar refractivity (Wildman–Crippen MR) is 108 cm³/mol. The van der Waals surface area contributed by atoms with Crippen LogP contribution in [0.1, 0.15) is 27.8 Å². The van der Waals surface area contributed by atoms with Crippen LogP contribution in [-0.2, 0) is 0 Å². The van der Waals surface area contributed by atoms with Crippen LogP contribution < -0.4 is 4.90 Å². The first-order chi connectivity index (χ1) is 13.0. The number of anilines is 1. The van der Waals surface area contributed by atoms with E-state index in [0.717, 1.165) is 29.7 Å². The van der Waals surface area contributed by atoms with Crippen LogP contribution >= 0.6 is 11.6 Å². The van der Waals surface area contributed by atoms with E-state index in [4.69, 9.17) is 11.6 Å². The van der Waals surface area contributed by atoms with E-state index in [2.05, 4.69) is 9.88 Å². The molecule has 1 aliphatic rings. The number of aromatic amines is 1. The highest BCUT2D eigenvalue weighted by Crippen LogP contribution is 2.28. The van der Waals surface area contributed by atoms with Crippen LogP contribution in [0.3, 0.4) is 0 Å². The van der Waals surface area contributed by atoms with Crippen LogP contribution in [0.5, 0.6) is 0 Å². The normalized spacial score (nSPS) is 14.6. The number of Topliss-reactive ketones (excluding diaryl/α,β-unsaturated/α-hetero) is 1. The number of piperazine rings is 1. The van der Waals surface area contributed by atoms with Crippen molar-refractivity contribution >= 4 is 39.9 Å². The van der Waals surface area contributed by atoms with Crippen molar-refractivity contribution in [2.24, 2.45) is 0 Å². The highest BCUT2D eigenvalue weighted by molar-refractivity contribution is 6.38. The molecule has 0 unspecified atom stereocenters. The molecule has 1 aromatic heterocycles. The van der Waals surface area contributed by atoms with Gasteiger partial charge in [-0.05, 0) is 37.3 Å². The summed E-state index contributed by atoms with van der Waals surface area (Å²) in [5.41, 5.74) is 3.10. The third kappa shape index (κ3) is 3.30. The van der Waals surface area contributed by atoms with Gasteiger partial charge >= 0.3 is 0 Å². The summed E-state index contributed by atoms with van der Waals surface area (Å²) in [4.78, 5) is 31.5. The fourth-order valence-electron chi connectivity index (χ4n) is 3.49. The summed E-state index contributed by atoms with van der Waals surface area (Å²) in [6.07, 6.45) is 0. The molecule has 5 nitrogen and oxygen atoms in total. The van der Waals surface area contributed by atoms with Gasteiger partial charge in [0.05, 0.1) is 5.02 Å². The summed E-state index contributed by atoms with van der Waals surface area (Å²) >= 11 is 6.42. The first kappa shape index (κ1) is 17.6. The van der Waals surface area contributed by atoms with Crippen LogP contribution in [0.25, 0.3) is 10.9 Å². The molecule has 1 fully saturated rings. The number of rotatable bonds is 3. The molecule has 1 aliphatic heterocycles. The average Bonchev–Trinajstić information content (AvgIpc) is 3.04. The molecule has 4 rings (SSSR count). The molecule has 6 heteroatoms. The fraction of sp³-hybridized carbons (Fsp3) is 0.238. The molecule has 0 saturated carbocycles. The van der Waals surface area contributed by atoms with E-state index in [1.54, 1.807) is 6.92 Å². The van der Waals surface area contributed by atoms with Gasteiger partial charge in [-0.2, -0.15) is 0 Å². The number of H-pyrrole nitrogens is 1.